The Hall–Kier alpha value is -3.42. The van der Waals surface area contributed by atoms with Gasteiger partial charge in [0.15, 0.2) is 0 Å². The van der Waals surface area contributed by atoms with Crippen molar-refractivity contribution in [3.05, 3.63) is 58.7 Å². The van der Waals surface area contributed by atoms with Gasteiger partial charge in [0.05, 0.1) is 17.6 Å². The van der Waals surface area contributed by atoms with Gasteiger partial charge in [-0.1, -0.05) is 6.07 Å². The van der Waals surface area contributed by atoms with Gasteiger partial charge in [-0.3, -0.25) is 19.0 Å². The Morgan fingerprint density at radius 2 is 1.90 bits per heavy atom. The fourth-order valence-corrected chi connectivity index (χ4v) is 3.33. The lowest BCUT2D eigenvalue weighted by molar-refractivity contribution is -0.116. The first kappa shape index (κ1) is 21.3. The standard InChI is InChI=1S/C22H28N6O2/c1-6-28-13-18(12-23-28)24-22(30)17-8-7-14(2)20(11-17)25-21(29)10-9-19-15(3)26-27(5)16(19)4/h7-8,11-13H,6,9-10H2,1-5H3,(H,24,30)(H,25,29). The highest BCUT2D eigenvalue weighted by atomic mass is 16.2. The molecule has 0 saturated heterocycles. The molecule has 0 fully saturated rings. The van der Waals surface area contributed by atoms with Gasteiger partial charge < -0.3 is 10.6 Å². The minimum atomic E-state index is -0.247. The lowest BCUT2D eigenvalue weighted by Crippen LogP contribution is -2.16. The first-order chi connectivity index (χ1) is 14.3. The topological polar surface area (TPSA) is 93.8 Å². The smallest absolute Gasteiger partial charge is 0.255 e. The van der Waals surface area contributed by atoms with Crippen LogP contribution >= 0.6 is 0 Å². The summed E-state index contributed by atoms with van der Waals surface area (Å²) in [4.78, 5) is 25.1. The number of rotatable bonds is 7. The molecule has 1 aromatic carbocycles. The third-order valence-corrected chi connectivity index (χ3v) is 5.25. The van der Waals surface area contributed by atoms with Crippen LogP contribution in [-0.4, -0.2) is 31.4 Å². The van der Waals surface area contributed by atoms with E-state index >= 15 is 0 Å². The van der Waals surface area contributed by atoms with Gasteiger partial charge in [0, 0.05) is 43.2 Å². The second-order valence-corrected chi connectivity index (χ2v) is 7.39. The first-order valence-corrected chi connectivity index (χ1v) is 10.0. The normalized spacial score (nSPS) is 10.8. The van der Waals surface area contributed by atoms with Crippen LogP contribution in [0, 0.1) is 20.8 Å². The van der Waals surface area contributed by atoms with Crippen molar-refractivity contribution in [1.29, 1.82) is 0 Å². The summed E-state index contributed by atoms with van der Waals surface area (Å²) in [6, 6.07) is 5.27. The molecule has 0 aliphatic heterocycles. The van der Waals surface area contributed by atoms with Crippen molar-refractivity contribution < 1.29 is 9.59 Å². The van der Waals surface area contributed by atoms with Crippen molar-refractivity contribution in [2.45, 2.75) is 47.1 Å². The Morgan fingerprint density at radius 1 is 1.13 bits per heavy atom. The zero-order valence-corrected chi connectivity index (χ0v) is 18.1. The van der Waals surface area contributed by atoms with E-state index < -0.39 is 0 Å². The van der Waals surface area contributed by atoms with E-state index in [4.69, 9.17) is 0 Å². The van der Waals surface area contributed by atoms with Crippen LogP contribution in [0.4, 0.5) is 11.4 Å². The highest BCUT2D eigenvalue weighted by Crippen LogP contribution is 2.20. The molecule has 3 rings (SSSR count). The molecule has 0 aliphatic carbocycles. The van der Waals surface area contributed by atoms with Crippen molar-refractivity contribution >= 4 is 23.2 Å². The van der Waals surface area contributed by atoms with Gasteiger partial charge >= 0.3 is 0 Å². The Morgan fingerprint density at radius 3 is 2.53 bits per heavy atom. The van der Waals surface area contributed by atoms with Gasteiger partial charge in [0.2, 0.25) is 5.91 Å². The first-order valence-electron chi connectivity index (χ1n) is 10.0. The summed E-state index contributed by atoms with van der Waals surface area (Å²) in [5.74, 6) is -0.342. The van der Waals surface area contributed by atoms with E-state index in [1.807, 2.05) is 45.5 Å². The zero-order chi connectivity index (χ0) is 21.8. The van der Waals surface area contributed by atoms with Gasteiger partial charge in [-0.25, -0.2) is 0 Å². The van der Waals surface area contributed by atoms with Gasteiger partial charge in [-0.05, 0) is 57.4 Å². The number of nitrogens with zero attached hydrogens (tertiary/aromatic N) is 4. The Labute approximate surface area is 176 Å². The summed E-state index contributed by atoms with van der Waals surface area (Å²) in [5, 5.41) is 14.3. The monoisotopic (exact) mass is 408 g/mol. The molecule has 8 heteroatoms. The number of aromatic nitrogens is 4. The average Bonchev–Trinajstić information content (AvgIpc) is 3.26. The molecule has 30 heavy (non-hydrogen) atoms. The molecule has 0 radical (unpaired) electrons. The van der Waals surface area contributed by atoms with Crippen LogP contribution in [0.5, 0.6) is 0 Å². The molecule has 158 valence electrons. The van der Waals surface area contributed by atoms with E-state index in [1.165, 1.54) is 0 Å². The molecule has 2 N–H and O–H groups in total. The van der Waals surface area contributed by atoms with Crippen molar-refractivity contribution in [1.82, 2.24) is 19.6 Å². The number of benzene rings is 1. The van der Waals surface area contributed by atoms with Gasteiger partial charge in [0.25, 0.3) is 5.91 Å². The molecule has 2 amide bonds. The summed E-state index contributed by atoms with van der Waals surface area (Å²) in [6.45, 7) is 8.57. The van der Waals surface area contributed by atoms with E-state index in [9.17, 15) is 9.59 Å². The summed E-state index contributed by atoms with van der Waals surface area (Å²) in [6.07, 6.45) is 4.36. The van der Waals surface area contributed by atoms with Crippen molar-refractivity contribution in [2.24, 2.45) is 7.05 Å². The van der Waals surface area contributed by atoms with Crippen LogP contribution in [0.3, 0.4) is 0 Å². The second-order valence-electron chi connectivity index (χ2n) is 7.39. The number of nitrogens with one attached hydrogen (secondary N) is 2. The molecule has 0 aliphatic rings. The maximum Gasteiger partial charge on any atom is 0.255 e. The predicted octanol–water partition coefficient (Wildman–Crippen LogP) is 3.39. The maximum atomic E-state index is 12.6. The summed E-state index contributed by atoms with van der Waals surface area (Å²) < 4.78 is 3.57. The van der Waals surface area contributed by atoms with Crippen LogP contribution in [0.2, 0.25) is 0 Å². The van der Waals surface area contributed by atoms with E-state index in [1.54, 1.807) is 29.2 Å². The fourth-order valence-electron chi connectivity index (χ4n) is 3.33. The maximum absolute atomic E-state index is 12.6. The van der Waals surface area contributed by atoms with Gasteiger partial charge in [0.1, 0.15) is 0 Å². The molecule has 0 unspecified atom stereocenters. The van der Waals surface area contributed by atoms with Crippen molar-refractivity contribution in [3.8, 4) is 0 Å². The third-order valence-electron chi connectivity index (χ3n) is 5.25. The number of aryl methyl sites for hydroxylation is 4. The lowest BCUT2D eigenvalue weighted by atomic mass is 10.1. The predicted molar refractivity (Wildman–Crippen MR) is 117 cm³/mol. The van der Waals surface area contributed by atoms with E-state index in [2.05, 4.69) is 20.8 Å². The molecular weight excluding hydrogens is 380 g/mol. The summed E-state index contributed by atoms with van der Waals surface area (Å²) >= 11 is 0. The minimum Gasteiger partial charge on any atom is -0.326 e. The van der Waals surface area contributed by atoms with E-state index in [-0.39, 0.29) is 11.8 Å². The average molecular weight is 409 g/mol. The van der Waals surface area contributed by atoms with Crippen molar-refractivity contribution in [2.75, 3.05) is 10.6 Å². The summed E-state index contributed by atoms with van der Waals surface area (Å²) in [5.41, 5.74) is 5.76. The molecule has 2 heterocycles. The Bertz CT molecular complexity index is 1080. The molecule has 0 bridgehead atoms. The zero-order valence-electron chi connectivity index (χ0n) is 18.1. The molecule has 0 saturated carbocycles. The van der Waals surface area contributed by atoms with Crippen LogP contribution in [0.15, 0.2) is 30.6 Å². The SMILES string of the molecule is CCn1cc(NC(=O)c2ccc(C)c(NC(=O)CCc3c(C)nn(C)c3C)c2)cn1. The number of anilines is 2. The minimum absolute atomic E-state index is 0.0949. The van der Waals surface area contributed by atoms with Crippen LogP contribution in [0.25, 0.3) is 0 Å². The van der Waals surface area contributed by atoms with Crippen LogP contribution < -0.4 is 10.6 Å². The Balaban J connectivity index is 1.65. The van der Waals surface area contributed by atoms with E-state index in [0.29, 0.717) is 29.8 Å². The third kappa shape index (κ3) is 4.76. The fraction of sp³-hybridized carbons (Fsp3) is 0.364. The number of hydrogen-bond donors (Lipinski definition) is 2. The number of hydrogen-bond acceptors (Lipinski definition) is 4. The summed E-state index contributed by atoms with van der Waals surface area (Å²) in [7, 11) is 1.90. The molecule has 3 aromatic rings. The number of carbonyl (C=O) groups excluding carboxylic acids is 2. The highest BCUT2D eigenvalue weighted by Gasteiger charge is 2.14. The van der Waals surface area contributed by atoms with Crippen LogP contribution in [-0.2, 0) is 24.8 Å². The molecule has 8 nitrogen and oxygen atoms in total. The largest absolute Gasteiger partial charge is 0.326 e. The number of amides is 2. The van der Waals surface area contributed by atoms with Gasteiger partial charge in [-0.2, -0.15) is 10.2 Å². The lowest BCUT2D eigenvalue weighted by Gasteiger charge is -2.11. The molecule has 0 spiro atoms. The van der Waals surface area contributed by atoms with Crippen molar-refractivity contribution in [3.63, 3.8) is 0 Å². The molecule has 0 atom stereocenters. The quantitative estimate of drug-likeness (QED) is 0.627. The highest BCUT2D eigenvalue weighted by molar-refractivity contribution is 6.05. The Kier molecular flexibility index (Phi) is 6.34. The van der Waals surface area contributed by atoms with Crippen LogP contribution in [0.1, 0.15) is 46.2 Å². The van der Waals surface area contributed by atoms with Gasteiger partial charge in [-0.15, -0.1) is 0 Å². The van der Waals surface area contributed by atoms with E-state index in [0.717, 1.165) is 29.1 Å². The second kappa shape index (κ2) is 8.94. The molecular formula is C22H28N6O2. The molecule has 2 aromatic heterocycles. The number of carbonyl (C=O) groups is 2.